The number of likely N-dealkylation sites (tertiary alicyclic amines) is 1. The van der Waals surface area contributed by atoms with Crippen molar-refractivity contribution in [3.8, 4) is 17.2 Å². The summed E-state index contributed by atoms with van der Waals surface area (Å²) in [5.41, 5.74) is 0. The highest BCUT2D eigenvalue weighted by Crippen LogP contribution is 2.25. The van der Waals surface area contributed by atoms with Crippen LogP contribution >= 0.6 is 0 Å². The van der Waals surface area contributed by atoms with Crippen molar-refractivity contribution in [1.82, 2.24) is 4.90 Å². The molecule has 0 aliphatic carbocycles. The van der Waals surface area contributed by atoms with Gasteiger partial charge in [0.2, 0.25) is 0 Å². The fourth-order valence-electron chi connectivity index (χ4n) is 2.73. The van der Waals surface area contributed by atoms with Gasteiger partial charge in [0.1, 0.15) is 18.1 Å². The lowest BCUT2D eigenvalue weighted by molar-refractivity contribution is 0.183. The molecule has 1 fully saturated rings. The van der Waals surface area contributed by atoms with E-state index in [1.54, 1.807) is 30.3 Å². The van der Waals surface area contributed by atoms with Crippen LogP contribution in [-0.4, -0.2) is 31.1 Å². The summed E-state index contributed by atoms with van der Waals surface area (Å²) in [4.78, 5) is 2.44. The van der Waals surface area contributed by atoms with Crippen LogP contribution in [-0.2, 0) is 0 Å². The molecule has 1 saturated heterocycles. The lowest BCUT2D eigenvalue weighted by Gasteiger charge is -2.26. The quantitative estimate of drug-likeness (QED) is 0.784. The minimum absolute atomic E-state index is 0.228. The Labute approximate surface area is 136 Å². The Morgan fingerprint density at radius 1 is 0.870 bits per heavy atom. The molecule has 0 saturated carbocycles. The predicted octanol–water partition coefficient (Wildman–Crippen LogP) is 4.48. The van der Waals surface area contributed by atoms with Gasteiger partial charge in [-0.2, -0.15) is 0 Å². The molecular weight excluding hydrogens is 293 g/mol. The fourth-order valence-corrected chi connectivity index (χ4v) is 2.73. The second kappa shape index (κ2) is 7.97. The van der Waals surface area contributed by atoms with E-state index in [9.17, 15) is 4.39 Å². The molecule has 0 N–H and O–H groups in total. The van der Waals surface area contributed by atoms with E-state index in [1.807, 2.05) is 12.1 Å². The van der Waals surface area contributed by atoms with Gasteiger partial charge in [-0.05, 0) is 62.3 Å². The minimum Gasteiger partial charge on any atom is -0.492 e. The van der Waals surface area contributed by atoms with Crippen LogP contribution in [0.25, 0.3) is 0 Å². The van der Waals surface area contributed by atoms with Crippen LogP contribution < -0.4 is 9.47 Å². The van der Waals surface area contributed by atoms with Gasteiger partial charge in [-0.25, -0.2) is 4.39 Å². The van der Waals surface area contributed by atoms with Crippen molar-refractivity contribution >= 4 is 0 Å². The zero-order valence-corrected chi connectivity index (χ0v) is 13.2. The zero-order chi connectivity index (χ0) is 15.9. The summed E-state index contributed by atoms with van der Waals surface area (Å²) in [5, 5.41) is 0. The SMILES string of the molecule is Fc1ccccc1Oc1ccc(OCCN2CCCCC2)cc1. The van der Waals surface area contributed by atoms with Gasteiger partial charge >= 0.3 is 0 Å². The molecule has 3 nitrogen and oxygen atoms in total. The minimum atomic E-state index is -0.366. The molecule has 0 unspecified atom stereocenters. The third kappa shape index (κ3) is 4.70. The molecular formula is C19H22FNO2. The Bertz CT molecular complexity index is 609. The molecule has 0 atom stereocenters. The topological polar surface area (TPSA) is 21.7 Å². The maximum atomic E-state index is 13.5. The molecule has 1 aliphatic heterocycles. The highest BCUT2D eigenvalue weighted by atomic mass is 19.1. The molecule has 0 spiro atoms. The monoisotopic (exact) mass is 315 g/mol. The molecule has 4 heteroatoms. The summed E-state index contributed by atoms with van der Waals surface area (Å²) in [5.74, 6) is 1.27. The Balaban J connectivity index is 1.48. The summed E-state index contributed by atoms with van der Waals surface area (Å²) in [6, 6.07) is 13.7. The van der Waals surface area contributed by atoms with E-state index in [0.717, 1.165) is 12.3 Å². The molecule has 0 radical (unpaired) electrons. The van der Waals surface area contributed by atoms with Crippen molar-refractivity contribution in [3.63, 3.8) is 0 Å². The first kappa shape index (κ1) is 15.8. The highest BCUT2D eigenvalue weighted by Gasteiger charge is 2.09. The number of piperidine rings is 1. The molecule has 23 heavy (non-hydrogen) atoms. The normalized spacial score (nSPS) is 15.3. The number of benzene rings is 2. The summed E-state index contributed by atoms with van der Waals surface area (Å²) < 4.78 is 24.8. The zero-order valence-electron chi connectivity index (χ0n) is 13.2. The summed E-state index contributed by atoms with van der Waals surface area (Å²) in [7, 11) is 0. The predicted molar refractivity (Wildman–Crippen MR) is 88.7 cm³/mol. The third-order valence-electron chi connectivity index (χ3n) is 4.01. The molecule has 2 aromatic rings. The Kier molecular flexibility index (Phi) is 5.48. The second-order valence-electron chi connectivity index (χ2n) is 5.75. The molecule has 122 valence electrons. The van der Waals surface area contributed by atoms with Crippen molar-refractivity contribution < 1.29 is 13.9 Å². The van der Waals surface area contributed by atoms with Crippen molar-refractivity contribution in [2.75, 3.05) is 26.2 Å². The molecule has 3 rings (SSSR count). The average molecular weight is 315 g/mol. The van der Waals surface area contributed by atoms with Gasteiger partial charge in [0.25, 0.3) is 0 Å². The number of hydrogen-bond donors (Lipinski definition) is 0. The number of nitrogens with zero attached hydrogens (tertiary/aromatic N) is 1. The van der Waals surface area contributed by atoms with Crippen LogP contribution in [0.4, 0.5) is 4.39 Å². The number of para-hydroxylation sites is 1. The standard InChI is InChI=1S/C19H22FNO2/c20-18-6-2-3-7-19(18)23-17-10-8-16(9-11-17)22-15-14-21-12-4-1-5-13-21/h2-3,6-11H,1,4-5,12-15H2. The van der Waals surface area contributed by atoms with Crippen molar-refractivity contribution in [2.45, 2.75) is 19.3 Å². The van der Waals surface area contributed by atoms with Crippen LogP contribution in [0, 0.1) is 5.82 Å². The Morgan fingerprint density at radius 3 is 2.30 bits per heavy atom. The van der Waals surface area contributed by atoms with Gasteiger partial charge in [0.05, 0.1) is 0 Å². The van der Waals surface area contributed by atoms with Gasteiger partial charge in [-0.1, -0.05) is 18.6 Å². The first-order valence-electron chi connectivity index (χ1n) is 8.19. The summed E-state index contributed by atoms with van der Waals surface area (Å²) >= 11 is 0. The largest absolute Gasteiger partial charge is 0.492 e. The molecule has 1 heterocycles. The van der Waals surface area contributed by atoms with Crippen LogP contribution in [0.5, 0.6) is 17.2 Å². The van der Waals surface area contributed by atoms with Gasteiger partial charge in [0.15, 0.2) is 11.6 Å². The first-order valence-corrected chi connectivity index (χ1v) is 8.19. The van der Waals surface area contributed by atoms with Gasteiger partial charge in [-0.15, -0.1) is 0 Å². The second-order valence-corrected chi connectivity index (χ2v) is 5.75. The third-order valence-corrected chi connectivity index (χ3v) is 4.01. The van der Waals surface area contributed by atoms with Crippen molar-refractivity contribution in [3.05, 3.63) is 54.3 Å². The van der Waals surface area contributed by atoms with E-state index in [0.29, 0.717) is 12.4 Å². The van der Waals surface area contributed by atoms with Crippen LogP contribution in [0.2, 0.25) is 0 Å². The molecule has 2 aromatic carbocycles. The van der Waals surface area contributed by atoms with Gasteiger partial charge in [-0.3, -0.25) is 4.90 Å². The lowest BCUT2D eigenvalue weighted by Crippen LogP contribution is -2.33. The molecule has 1 aliphatic rings. The van der Waals surface area contributed by atoms with E-state index in [4.69, 9.17) is 9.47 Å². The van der Waals surface area contributed by atoms with Crippen molar-refractivity contribution in [1.29, 1.82) is 0 Å². The van der Waals surface area contributed by atoms with E-state index >= 15 is 0 Å². The Hall–Kier alpha value is -2.07. The fraction of sp³-hybridized carbons (Fsp3) is 0.368. The summed E-state index contributed by atoms with van der Waals surface area (Å²) in [6.45, 7) is 4.01. The number of halogens is 1. The maximum absolute atomic E-state index is 13.5. The lowest BCUT2D eigenvalue weighted by atomic mass is 10.1. The number of rotatable bonds is 6. The number of ether oxygens (including phenoxy) is 2. The van der Waals surface area contributed by atoms with E-state index in [1.165, 1.54) is 38.4 Å². The molecule has 0 amide bonds. The average Bonchev–Trinajstić information content (AvgIpc) is 2.59. The van der Waals surface area contributed by atoms with E-state index in [2.05, 4.69) is 4.90 Å². The van der Waals surface area contributed by atoms with E-state index < -0.39 is 0 Å². The van der Waals surface area contributed by atoms with Gasteiger partial charge < -0.3 is 9.47 Å². The van der Waals surface area contributed by atoms with E-state index in [-0.39, 0.29) is 11.6 Å². The maximum Gasteiger partial charge on any atom is 0.165 e. The molecule has 0 bridgehead atoms. The molecule has 0 aromatic heterocycles. The van der Waals surface area contributed by atoms with Crippen LogP contribution in [0.15, 0.2) is 48.5 Å². The highest BCUT2D eigenvalue weighted by molar-refractivity contribution is 5.35. The van der Waals surface area contributed by atoms with Crippen LogP contribution in [0.3, 0.4) is 0 Å². The summed E-state index contributed by atoms with van der Waals surface area (Å²) in [6.07, 6.45) is 3.94. The van der Waals surface area contributed by atoms with Crippen LogP contribution in [0.1, 0.15) is 19.3 Å². The smallest absolute Gasteiger partial charge is 0.165 e. The first-order chi connectivity index (χ1) is 11.3. The van der Waals surface area contributed by atoms with Crippen molar-refractivity contribution in [2.24, 2.45) is 0 Å². The van der Waals surface area contributed by atoms with Gasteiger partial charge in [0, 0.05) is 6.54 Å². The Morgan fingerprint density at radius 2 is 1.57 bits per heavy atom. The number of hydrogen-bond acceptors (Lipinski definition) is 3.